The molecule has 3 heterocycles. The SMILES string of the molecule is CCCNC(=O)CC1CSc2nc3c(cnn3C(C)(C)C)c(=O)n21. The minimum atomic E-state index is -0.247. The average Bonchev–Trinajstić information content (AvgIpc) is 3.10. The van der Waals surface area contributed by atoms with Crippen molar-refractivity contribution in [2.45, 2.75) is 57.3 Å². The van der Waals surface area contributed by atoms with Crippen molar-refractivity contribution in [2.75, 3.05) is 12.3 Å². The highest BCUT2D eigenvalue weighted by Crippen LogP contribution is 2.33. The third-order valence-electron chi connectivity index (χ3n) is 4.00. The zero-order valence-corrected chi connectivity index (χ0v) is 15.3. The van der Waals surface area contributed by atoms with Gasteiger partial charge in [-0.25, -0.2) is 9.67 Å². The number of aromatic nitrogens is 4. The van der Waals surface area contributed by atoms with Crippen LogP contribution in [0.25, 0.3) is 11.0 Å². The summed E-state index contributed by atoms with van der Waals surface area (Å²) in [6.45, 7) is 8.76. The average molecular weight is 349 g/mol. The highest BCUT2D eigenvalue weighted by molar-refractivity contribution is 7.99. The highest BCUT2D eigenvalue weighted by atomic mass is 32.2. The van der Waals surface area contributed by atoms with Crippen molar-refractivity contribution in [3.8, 4) is 0 Å². The molecule has 0 saturated carbocycles. The molecule has 0 fully saturated rings. The fraction of sp³-hybridized carbons (Fsp3) is 0.625. The molecule has 7 nitrogen and oxygen atoms in total. The van der Waals surface area contributed by atoms with Gasteiger partial charge in [-0.1, -0.05) is 18.7 Å². The van der Waals surface area contributed by atoms with Gasteiger partial charge in [-0.05, 0) is 27.2 Å². The molecule has 1 N–H and O–H groups in total. The van der Waals surface area contributed by atoms with Crippen LogP contribution in [-0.2, 0) is 10.3 Å². The largest absolute Gasteiger partial charge is 0.356 e. The van der Waals surface area contributed by atoms with Crippen molar-refractivity contribution >= 4 is 28.7 Å². The first-order chi connectivity index (χ1) is 11.3. The van der Waals surface area contributed by atoms with Crippen LogP contribution in [0.3, 0.4) is 0 Å². The molecule has 24 heavy (non-hydrogen) atoms. The molecule has 1 unspecified atom stereocenters. The molecule has 2 aromatic rings. The van der Waals surface area contributed by atoms with Gasteiger partial charge in [0.05, 0.1) is 17.8 Å². The second-order valence-corrected chi connectivity index (χ2v) is 8.04. The van der Waals surface area contributed by atoms with Crippen LogP contribution in [0.5, 0.6) is 0 Å². The van der Waals surface area contributed by atoms with E-state index in [1.54, 1.807) is 15.4 Å². The molecule has 0 aromatic carbocycles. The Morgan fingerprint density at radius 3 is 2.88 bits per heavy atom. The van der Waals surface area contributed by atoms with Crippen molar-refractivity contribution in [2.24, 2.45) is 0 Å². The van der Waals surface area contributed by atoms with E-state index < -0.39 is 0 Å². The van der Waals surface area contributed by atoms with Gasteiger partial charge in [0.25, 0.3) is 5.56 Å². The summed E-state index contributed by atoms with van der Waals surface area (Å²) in [5.74, 6) is 0.671. The third-order valence-corrected chi connectivity index (χ3v) is 5.10. The number of nitrogens with one attached hydrogen (secondary N) is 1. The van der Waals surface area contributed by atoms with Gasteiger partial charge in [0.1, 0.15) is 5.39 Å². The zero-order valence-electron chi connectivity index (χ0n) is 14.5. The molecule has 8 heteroatoms. The maximum absolute atomic E-state index is 12.9. The Balaban J connectivity index is 1.98. The monoisotopic (exact) mass is 349 g/mol. The van der Waals surface area contributed by atoms with E-state index >= 15 is 0 Å². The number of rotatable bonds is 4. The number of carbonyl (C=O) groups excluding carboxylic acids is 1. The minimum Gasteiger partial charge on any atom is -0.356 e. The Kier molecular flexibility index (Phi) is 4.42. The Hall–Kier alpha value is -1.83. The van der Waals surface area contributed by atoms with Gasteiger partial charge in [-0.15, -0.1) is 0 Å². The fourth-order valence-electron chi connectivity index (χ4n) is 2.82. The van der Waals surface area contributed by atoms with Crippen molar-refractivity contribution in [3.63, 3.8) is 0 Å². The van der Waals surface area contributed by atoms with Crippen LogP contribution in [0, 0.1) is 0 Å². The molecule has 130 valence electrons. The molecule has 0 saturated heterocycles. The summed E-state index contributed by atoms with van der Waals surface area (Å²) in [4.78, 5) is 29.6. The Bertz CT molecular complexity index is 833. The van der Waals surface area contributed by atoms with E-state index in [4.69, 9.17) is 0 Å². The van der Waals surface area contributed by atoms with Crippen molar-refractivity contribution < 1.29 is 4.79 Å². The van der Waals surface area contributed by atoms with Crippen LogP contribution in [-0.4, -0.2) is 37.5 Å². The van der Waals surface area contributed by atoms with E-state index in [0.29, 0.717) is 34.9 Å². The van der Waals surface area contributed by atoms with Gasteiger partial charge in [-0.3, -0.25) is 14.2 Å². The smallest absolute Gasteiger partial charge is 0.265 e. The normalized spacial score (nSPS) is 17.2. The molecule has 0 aliphatic carbocycles. The van der Waals surface area contributed by atoms with Gasteiger partial charge >= 0.3 is 0 Å². The summed E-state index contributed by atoms with van der Waals surface area (Å²) in [7, 11) is 0. The van der Waals surface area contributed by atoms with Gasteiger partial charge in [0.2, 0.25) is 5.91 Å². The lowest BCUT2D eigenvalue weighted by Gasteiger charge is -2.20. The van der Waals surface area contributed by atoms with Crippen LogP contribution in [0.15, 0.2) is 16.1 Å². The van der Waals surface area contributed by atoms with Crippen LogP contribution in [0.1, 0.15) is 46.6 Å². The van der Waals surface area contributed by atoms with E-state index in [-0.39, 0.29) is 23.0 Å². The van der Waals surface area contributed by atoms with Gasteiger partial charge in [-0.2, -0.15) is 5.10 Å². The maximum atomic E-state index is 12.9. The first kappa shape index (κ1) is 17.0. The molecule has 0 bridgehead atoms. The number of carbonyl (C=O) groups is 1. The minimum absolute atomic E-state index is 0.0207. The molecule has 2 aromatic heterocycles. The summed E-state index contributed by atoms with van der Waals surface area (Å²) in [6.07, 6.45) is 2.79. The molecule has 1 aliphatic rings. The fourth-order valence-corrected chi connectivity index (χ4v) is 3.95. The number of thioether (sulfide) groups is 1. The third kappa shape index (κ3) is 2.94. The molecule has 1 amide bonds. The Morgan fingerprint density at radius 1 is 1.46 bits per heavy atom. The predicted octanol–water partition coefficient (Wildman–Crippen LogP) is 1.91. The van der Waals surface area contributed by atoms with Crippen LogP contribution >= 0.6 is 11.8 Å². The van der Waals surface area contributed by atoms with Gasteiger partial charge in [0, 0.05) is 18.7 Å². The topological polar surface area (TPSA) is 81.8 Å². The van der Waals surface area contributed by atoms with Gasteiger partial charge in [0.15, 0.2) is 10.8 Å². The second-order valence-electron chi connectivity index (χ2n) is 7.05. The lowest BCUT2D eigenvalue weighted by molar-refractivity contribution is -0.121. The van der Waals surface area contributed by atoms with Crippen LogP contribution < -0.4 is 10.9 Å². The van der Waals surface area contributed by atoms with E-state index in [2.05, 4.69) is 15.4 Å². The highest BCUT2D eigenvalue weighted by Gasteiger charge is 2.30. The lowest BCUT2D eigenvalue weighted by atomic mass is 10.1. The molecule has 0 radical (unpaired) electrons. The van der Waals surface area contributed by atoms with Crippen molar-refractivity contribution in [3.05, 3.63) is 16.6 Å². The second kappa shape index (κ2) is 6.23. The number of fused-ring (bicyclic) bond motifs is 2. The maximum Gasteiger partial charge on any atom is 0.265 e. The molecule has 3 rings (SSSR count). The van der Waals surface area contributed by atoms with Crippen molar-refractivity contribution in [1.82, 2.24) is 24.6 Å². The molecule has 1 atom stereocenters. The first-order valence-corrected chi connectivity index (χ1v) is 9.21. The standard InChI is InChI=1S/C16H23N5O2S/c1-5-6-17-12(22)7-10-9-24-15-19-13-11(14(23)20(10)15)8-18-21(13)16(2,3)4/h8,10H,5-7,9H2,1-4H3,(H,17,22). The lowest BCUT2D eigenvalue weighted by Crippen LogP contribution is -2.31. The van der Waals surface area contributed by atoms with E-state index in [9.17, 15) is 9.59 Å². The van der Waals surface area contributed by atoms with Gasteiger partial charge < -0.3 is 5.32 Å². The predicted molar refractivity (Wildman–Crippen MR) is 94.5 cm³/mol. The number of nitrogens with zero attached hydrogens (tertiary/aromatic N) is 4. The van der Waals surface area contributed by atoms with E-state index in [1.807, 2.05) is 27.7 Å². The number of hydrogen-bond donors (Lipinski definition) is 1. The summed E-state index contributed by atoms with van der Waals surface area (Å²) in [5.41, 5.74) is 0.258. The summed E-state index contributed by atoms with van der Waals surface area (Å²) in [5, 5.41) is 8.40. The first-order valence-electron chi connectivity index (χ1n) is 8.23. The summed E-state index contributed by atoms with van der Waals surface area (Å²) in [6, 6.07) is -0.149. The summed E-state index contributed by atoms with van der Waals surface area (Å²) >= 11 is 1.52. The van der Waals surface area contributed by atoms with E-state index in [1.165, 1.54) is 11.8 Å². The molecule has 1 aliphatic heterocycles. The molecular weight excluding hydrogens is 326 g/mol. The van der Waals surface area contributed by atoms with Crippen molar-refractivity contribution in [1.29, 1.82) is 0 Å². The van der Waals surface area contributed by atoms with Crippen LogP contribution in [0.4, 0.5) is 0 Å². The number of amides is 1. The Morgan fingerprint density at radius 2 is 2.21 bits per heavy atom. The van der Waals surface area contributed by atoms with E-state index in [0.717, 1.165) is 6.42 Å². The van der Waals surface area contributed by atoms with Crippen LogP contribution in [0.2, 0.25) is 0 Å². The zero-order chi connectivity index (χ0) is 17.5. The Labute approximate surface area is 144 Å². The summed E-state index contributed by atoms with van der Waals surface area (Å²) < 4.78 is 3.44. The molecular formula is C16H23N5O2S. The quantitative estimate of drug-likeness (QED) is 0.853. The molecule has 0 spiro atoms. The number of hydrogen-bond acceptors (Lipinski definition) is 5.